The minimum absolute atomic E-state index is 0.194. The van der Waals surface area contributed by atoms with Gasteiger partial charge in [0.25, 0.3) is 5.91 Å². The van der Waals surface area contributed by atoms with Crippen molar-refractivity contribution in [2.75, 3.05) is 10.6 Å². The summed E-state index contributed by atoms with van der Waals surface area (Å²) in [6, 6.07) is 26.4. The predicted octanol–water partition coefficient (Wildman–Crippen LogP) is 4.63. The molecule has 146 valence electrons. The first-order valence-electron chi connectivity index (χ1n) is 9.69. The SMILES string of the molecule is O=C1Nc2ccccc2N=C(c2ccccc2)C1Nc1ncc(-c2ccccc2)[nH]1. The second-order valence-corrected chi connectivity index (χ2v) is 6.96. The Kier molecular flexibility index (Phi) is 4.57. The number of H-pyrrole nitrogens is 1. The molecule has 1 amide bonds. The maximum atomic E-state index is 13.1. The molecule has 2 heterocycles. The molecule has 1 aliphatic rings. The molecule has 0 bridgehead atoms. The van der Waals surface area contributed by atoms with Gasteiger partial charge in [-0.25, -0.2) is 9.98 Å². The highest BCUT2D eigenvalue weighted by Gasteiger charge is 2.30. The summed E-state index contributed by atoms with van der Waals surface area (Å²) < 4.78 is 0. The van der Waals surface area contributed by atoms with Crippen LogP contribution in [0.5, 0.6) is 0 Å². The second kappa shape index (κ2) is 7.67. The maximum absolute atomic E-state index is 13.1. The van der Waals surface area contributed by atoms with Gasteiger partial charge in [-0.1, -0.05) is 72.8 Å². The first-order valence-corrected chi connectivity index (χ1v) is 9.69. The molecule has 1 aromatic heterocycles. The molecule has 0 radical (unpaired) electrons. The van der Waals surface area contributed by atoms with Gasteiger partial charge in [-0.05, 0) is 23.3 Å². The molecule has 30 heavy (non-hydrogen) atoms. The van der Waals surface area contributed by atoms with Gasteiger partial charge in [0, 0.05) is 0 Å². The summed E-state index contributed by atoms with van der Waals surface area (Å²) in [7, 11) is 0. The molecule has 4 aromatic rings. The number of imidazole rings is 1. The zero-order chi connectivity index (χ0) is 20.3. The van der Waals surface area contributed by atoms with E-state index < -0.39 is 6.04 Å². The van der Waals surface area contributed by atoms with Crippen molar-refractivity contribution in [1.29, 1.82) is 0 Å². The average molecular weight is 393 g/mol. The number of hydrogen-bond acceptors (Lipinski definition) is 4. The third-order valence-corrected chi connectivity index (χ3v) is 4.95. The highest BCUT2D eigenvalue weighted by Crippen LogP contribution is 2.29. The molecule has 6 nitrogen and oxygen atoms in total. The van der Waals surface area contributed by atoms with Crippen molar-refractivity contribution in [2.24, 2.45) is 4.99 Å². The van der Waals surface area contributed by atoms with Gasteiger partial charge in [-0.2, -0.15) is 0 Å². The molecule has 3 N–H and O–H groups in total. The van der Waals surface area contributed by atoms with E-state index in [9.17, 15) is 4.79 Å². The molecule has 6 heteroatoms. The molecule has 1 aliphatic heterocycles. The van der Waals surface area contributed by atoms with Crippen LogP contribution >= 0.6 is 0 Å². The molecular formula is C24H19N5O. The van der Waals surface area contributed by atoms with Crippen molar-refractivity contribution in [3.05, 3.63) is 96.7 Å². The number of carbonyl (C=O) groups excluding carboxylic acids is 1. The minimum Gasteiger partial charge on any atom is -0.339 e. The number of amides is 1. The van der Waals surface area contributed by atoms with Crippen LogP contribution in [0.15, 0.2) is 96.1 Å². The van der Waals surface area contributed by atoms with Crippen LogP contribution in [0.1, 0.15) is 5.56 Å². The van der Waals surface area contributed by atoms with Gasteiger partial charge in [0.2, 0.25) is 5.95 Å². The van der Waals surface area contributed by atoms with Crippen molar-refractivity contribution in [1.82, 2.24) is 9.97 Å². The van der Waals surface area contributed by atoms with Gasteiger partial charge in [0.1, 0.15) is 0 Å². The Morgan fingerprint density at radius 2 is 1.47 bits per heavy atom. The van der Waals surface area contributed by atoms with E-state index >= 15 is 0 Å². The number of nitrogens with one attached hydrogen (secondary N) is 3. The number of anilines is 2. The van der Waals surface area contributed by atoms with Crippen molar-refractivity contribution >= 4 is 28.9 Å². The third kappa shape index (κ3) is 3.46. The third-order valence-electron chi connectivity index (χ3n) is 4.95. The number of rotatable bonds is 4. The van der Waals surface area contributed by atoms with Crippen LogP contribution in [-0.2, 0) is 4.79 Å². The number of nitrogens with zero attached hydrogens (tertiary/aromatic N) is 2. The smallest absolute Gasteiger partial charge is 0.253 e. The molecule has 1 unspecified atom stereocenters. The Morgan fingerprint density at radius 1 is 0.800 bits per heavy atom. The molecule has 1 atom stereocenters. The van der Waals surface area contributed by atoms with Crippen LogP contribution < -0.4 is 10.6 Å². The van der Waals surface area contributed by atoms with Gasteiger partial charge in [-0.3, -0.25) is 4.79 Å². The Labute approximate surface area is 173 Å². The Morgan fingerprint density at radius 3 is 2.23 bits per heavy atom. The summed E-state index contributed by atoms with van der Waals surface area (Å²) in [5.41, 5.74) is 4.80. The number of aromatic nitrogens is 2. The van der Waals surface area contributed by atoms with Gasteiger partial charge in [-0.15, -0.1) is 0 Å². The summed E-state index contributed by atoms with van der Waals surface area (Å²) >= 11 is 0. The van der Waals surface area contributed by atoms with Crippen molar-refractivity contribution in [3.8, 4) is 11.3 Å². The van der Waals surface area contributed by atoms with E-state index in [0.29, 0.717) is 17.3 Å². The first kappa shape index (κ1) is 17.9. The lowest BCUT2D eigenvalue weighted by Crippen LogP contribution is -2.41. The molecule has 0 aliphatic carbocycles. The number of para-hydroxylation sites is 2. The number of fused-ring (bicyclic) bond motifs is 1. The van der Waals surface area contributed by atoms with Crippen molar-refractivity contribution in [3.63, 3.8) is 0 Å². The van der Waals surface area contributed by atoms with E-state index in [4.69, 9.17) is 4.99 Å². The molecule has 0 saturated carbocycles. The topological polar surface area (TPSA) is 82.2 Å². The fourth-order valence-corrected chi connectivity index (χ4v) is 3.47. The number of aromatic amines is 1. The van der Waals surface area contributed by atoms with E-state index in [1.54, 1.807) is 6.20 Å². The molecule has 0 fully saturated rings. The van der Waals surface area contributed by atoms with Gasteiger partial charge < -0.3 is 15.6 Å². The van der Waals surface area contributed by atoms with Gasteiger partial charge >= 0.3 is 0 Å². The minimum atomic E-state index is -0.713. The van der Waals surface area contributed by atoms with E-state index in [1.807, 2.05) is 84.9 Å². The number of hydrogen-bond donors (Lipinski definition) is 3. The first-order chi connectivity index (χ1) is 14.8. The van der Waals surface area contributed by atoms with E-state index in [0.717, 1.165) is 22.5 Å². The van der Waals surface area contributed by atoms with Gasteiger partial charge in [0.05, 0.1) is 29.0 Å². The largest absolute Gasteiger partial charge is 0.339 e. The normalized spacial score (nSPS) is 15.5. The lowest BCUT2D eigenvalue weighted by molar-refractivity contribution is -0.115. The summed E-state index contributed by atoms with van der Waals surface area (Å²) in [6.07, 6.45) is 1.75. The summed E-state index contributed by atoms with van der Waals surface area (Å²) in [6.45, 7) is 0. The van der Waals surface area contributed by atoms with Crippen LogP contribution in [-0.4, -0.2) is 27.6 Å². The standard InChI is InChI=1S/C24H19N5O/c30-23-22(29-24-25-15-20(28-24)16-9-3-1-4-10-16)21(17-11-5-2-6-12-17)26-18-13-7-8-14-19(18)27-23/h1-15,22H,(H,27,30)(H2,25,28,29). The molecule has 0 spiro atoms. The quantitative estimate of drug-likeness (QED) is 0.473. The lowest BCUT2D eigenvalue weighted by atomic mass is 10.0. The molecule has 5 rings (SSSR count). The summed E-state index contributed by atoms with van der Waals surface area (Å²) in [4.78, 5) is 25.7. The van der Waals surface area contributed by atoms with Crippen LogP contribution in [0.4, 0.5) is 17.3 Å². The Hall–Kier alpha value is -4.19. The number of aliphatic imine (C=N–C) groups is 1. The van der Waals surface area contributed by atoms with Crippen molar-refractivity contribution in [2.45, 2.75) is 6.04 Å². The van der Waals surface area contributed by atoms with Crippen LogP contribution in [0, 0.1) is 0 Å². The average Bonchev–Trinajstić information content (AvgIpc) is 3.21. The maximum Gasteiger partial charge on any atom is 0.253 e. The van der Waals surface area contributed by atoms with E-state index in [1.165, 1.54) is 0 Å². The highest BCUT2D eigenvalue weighted by molar-refractivity contribution is 6.23. The zero-order valence-electron chi connectivity index (χ0n) is 16.0. The fourth-order valence-electron chi connectivity index (χ4n) is 3.47. The fraction of sp³-hybridized carbons (Fsp3) is 0.0417. The Balaban J connectivity index is 1.53. The van der Waals surface area contributed by atoms with E-state index in [-0.39, 0.29) is 5.91 Å². The van der Waals surface area contributed by atoms with Crippen LogP contribution in [0.25, 0.3) is 11.3 Å². The van der Waals surface area contributed by atoms with Gasteiger partial charge in [0.15, 0.2) is 6.04 Å². The molecular weight excluding hydrogens is 374 g/mol. The lowest BCUT2D eigenvalue weighted by Gasteiger charge is -2.18. The van der Waals surface area contributed by atoms with Crippen molar-refractivity contribution < 1.29 is 4.79 Å². The molecule has 3 aromatic carbocycles. The van der Waals surface area contributed by atoms with Crippen LogP contribution in [0.2, 0.25) is 0 Å². The number of benzene rings is 3. The predicted molar refractivity (Wildman–Crippen MR) is 119 cm³/mol. The van der Waals surface area contributed by atoms with Crippen LogP contribution in [0.3, 0.4) is 0 Å². The number of carbonyl (C=O) groups is 1. The van der Waals surface area contributed by atoms with E-state index in [2.05, 4.69) is 20.6 Å². The zero-order valence-corrected chi connectivity index (χ0v) is 16.0. The summed E-state index contributed by atoms with van der Waals surface area (Å²) in [5, 5.41) is 6.21. The molecule has 0 saturated heterocycles. The highest BCUT2D eigenvalue weighted by atomic mass is 16.2. The second-order valence-electron chi connectivity index (χ2n) is 6.96. The summed E-state index contributed by atoms with van der Waals surface area (Å²) in [5.74, 6) is 0.309. The Bertz CT molecular complexity index is 1210. The monoisotopic (exact) mass is 393 g/mol.